The Morgan fingerprint density at radius 2 is 1.88 bits per heavy atom. The lowest BCUT2D eigenvalue weighted by Crippen LogP contribution is -2.11. The number of carboxylic acid groups (broad SMARTS) is 1. The topological polar surface area (TPSA) is 64.3 Å². The van der Waals surface area contributed by atoms with Crippen LogP contribution in [0.25, 0.3) is 6.08 Å². The van der Waals surface area contributed by atoms with Gasteiger partial charge in [0.1, 0.15) is 11.6 Å². The smallest absolute Gasteiger partial charge is 0.346 e. The monoisotopic (exact) mass is 330 g/mol. The fraction of sp³-hybridized carbons (Fsp3) is 0.143. The molecule has 0 aliphatic carbocycles. The number of aryl methyl sites for hydroxylation is 2. The van der Waals surface area contributed by atoms with Crippen molar-refractivity contribution < 1.29 is 9.90 Å². The molecule has 0 radical (unpaired) electrons. The number of nitriles is 1. The number of carbonyl (C=O) groups is 1. The van der Waals surface area contributed by atoms with Gasteiger partial charge in [0.2, 0.25) is 0 Å². The predicted octanol–water partition coefficient (Wildman–Crippen LogP) is 4.10. The summed E-state index contributed by atoms with van der Waals surface area (Å²) >= 11 is 0. The summed E-state index contributed by atoms with van der Waals surface area (Å²) in [5.41, 5.74) is 5.71. The van der Waals surface area contributed by atoms with Gasteiger partial charge in [-0.1, -0.05) is 36.4 Å². The van der Waals surface area contributed by atoms with Crippen LogP contribution in [0.1, 0.15) is 16.7 Å². The summed E-state index contributed by atoms with van der Waals surface area (Å²) in [6.45, 7) is 0. The van der Waals surface area contributed by atoms with Crippen molar-refractivity contribution in [3.8, 4) is 6.07 Å². The van der Waals surface area contributed by atoms with E-state index in [0.29, 0.717) is 0 Å². The van der Waals surface area contributed by atoms with Gasteiger partial charge in [0.25, 0.3) is 0 Å². The first-order valence-electron chi connectivity index (χ1n) is 8.06. The summed E-state index contributed by atoms with van der Waals surface area (Å²) in [4.78, 5) is 13.0. The third-order valence-electron chi connectivity index (χ3n) is 4.38. The quantitative estimate of drug-likeness (QED) is 0.523. The molecule has 124 valence electrons. The number of nitrogens with zero attached hydrogens (tertiary/aromatic N) is 2. The van der Waals surface area contributed by atoms with Crippen LogP contribution in [0.3, 0.4) is 0 Å². The fourth-order valence-electron chi connectivity index (χ4n) is 3.10. The maximum absolute atomic E-state index is 10.8. The van der Waals surface area contributed by atoms with Crippen LogP contribution >= 0.6 is 0 Å². The van der Waals surface area contributed by atoms with E-state index in [4.69, 9.17) is 10.4 Å². The Hall–Kier alpha value is -3.32. The van der Waals surface area contributed by atoms with E-state index in [-0.39, 0.29) is 5.57 Å². The molecule has 0 saturated carbocycles. The average molecular weight is 330 g/mol. The van der Waals surface area contributed by atoms with Crippen molar-refractivity contribution >= 4 is 23.4 Å². The standard InChI is InChI=1S/C21H18N2O2/c1-23-19-8-3-2-6-16(19)10-11-17-13-15(9-12-20(17)23)5-4-7-18(14-22)21(24)25/h2-9,12-13H,10-11H2,1H3,(H,24,25)/b5-4+,18-7-. The minimum atomic E-state index is -1.21. The average Bonchev–Trinajstić information content (AvgIpc) is 2.76. The Balaban J connectivity index is 1.89. The minimum Gasteiger partial charge on any atom is -0.477 e. The molecule has 1 heterocycles. The molecule has 1 N–H and O–H groups in total. The largest absolute Gasteiger partial charge is 0.477 e. The lowest BCUT2D eigenvalue weighted by atomic mass is 10.0. The zero-order valence-electron chi connectivity index (χ0n) is 13.9. The maximum atomic E-state index is 10.8. The molecule has 1 aliphatic heterocycles. The number of aliphatic carboxylic acids is 1. The van der Waals surface area contributed by atoms with E-state index in [9.17, 15) is 4.79 Å². The van der Waals surface area contributed by atoms with Crippen molar-refractivity contribution in [2.75, 3.05) is 11.9 Å². The van der Waals surface area contributed by atoms with E-state index in [0.717, 1.165) is 18.4 Å². The first-order valence-corrected chi connectivity index (χ1v) is 8.06. The number of carboxylic acids is 1. The molecular formula is C21H18N2O2. The molecule has 0 amide bonds. The maximum Gasteiger partial charge on any atom is 0.346 e. The van der Waals surface area contributed by atoms with Crippen LogP contribution in [0.15, 0.2) is 60.2 Å². The van der Waals surface area contributed by atoms with Gasteiger partial charge in [0.05, 0.1) is 0 Å². The molecule has 0 spiro atoms. The summed E-state index contributed by atoms with van der Waals surface area (Å²) in [7, 11) is 2.08. The molecule has 2 aromatic rings. The summed E-state index contributed by atoms with van der Waals surface area (Å²) in [6, 6.07) is 16.3. The molecule has 0 saturated heterocycles. The van der Waals surface area contributed by atoms with Gasteiger partial charge in [0.15, 0.2) is 0 Å². The van der Waals surface area contributed by atoms with Gasteiger partial charge in [-0.2, -0.15) is 5.26 Å². The molecule has 1 aliphatic rings. The molecule has 3 rings (SSSR count). The molecule has 4 nitrogen and oxygen atoms in total. The molecule has 0 fully saturated rings. The van der Waals surface area contributed by atoms with Crippen molar-refractivity contribution in [2.24, 2.45) is 0 Å². The minimum absolute atomic E-state index is 0.277. The van der Waals surface area contributed by atoms with Crippen molar-refractivity contribution in [3.05, 3.63) is 76.9 Å². The molecule has 0 unspecified atom stereocenters. The lowest BCUT2D eigenvalue weighted by Gasteiger charge is -2.22. The second-order valence-electron chi connectivity index (χ2n) is 5.93. The molecular weight excluding hydrogens is 312 g/mol. The van der Waals surface area contributed by atoms with Crippen LogP contribution < -0.4 is 4.90 Å². The number of rotatable bonds is 3. The second kappa shape index (κ2) is 7.06. The van der Waals surface area contributed by atoms with Crippen LogP contribution in [0.4, 0.5) is 11.4 Å². The van der Waals surface area contributed by atoms with Gasteiger partial charge in [-0.25, -0.2) is 4.79 Å². The zero-order chi connectivity index (χ0) is 17.8. The van der Waals surface area contributed by atoms with Crippen molar-refractivity contribution in [1.29, 1.82) is 5.26 Å². The van der Waals surface area contributed by atoms with E-state index in [2.05, 4.69) is 48.3 Å². The van der Waals surface area contributed by atoms with Gasteiger partial charge < -0.3 is 10.0 Å². The summed E-state index contributed by atoms with van der Waals surface area (Å²) in [6.07, 6.45) is 6.67. The highest BCUT2D eigenvalue weighted by Gasteiger charge is 2.17. The van der Waals surface area contributed by atoms with Crippen LogP contribution in [-0.2, 0) is 17.6 Å². The predicted molar refractivity (Wildman–Crippen MR) is 98.7 cm³/mol. The second-order valence-corrected chi connectivity index (χ2v) is 5.93. The zero-order valence-corrected chi connectivity index (χ0v) is 13.9. The van der Waals surface area contributed by atoms with Crippen molar-refractivity contribution in [3.63, 3.8) is 0 Å². The first-order chi connectivity index (χ1) is 12.1. The molecule has 25 heavy (non-hydrogen) atoms. The number of anilines is 2. The summed E-state index contributed by atoms with van der Waals surface area (Å²) in [5, 5.41) is 17.6. The number of para-hydroxylation sites is 1. The van der Waals surface area contributed by atoms with E-state index in [1.807, 2.05) is 12.1 Å². The van der Waals surface area contributed by atoms with E-state index in [1.165, 1.54) is 28.6 Å². The van der Waals surface area contributed by atoms with Crippen LogP contribution in [-0.4, -0.2) is 18.1 Å². The number of benzene rings is 2. The third-order valence-corrected chi connectivity index (χ3v) is 4.38. The number of hydrogen-bond acceptors (Lipinski definition) is 3. The van der Waals surface area contributed by atoms with Crippen LogP contribution in [0, 0.1) is 11.3 Å². The van der Waals surface area contributed by atoms with Crippen molar-refractivity contribution in [2.45, 2.75) is 12.8 Å². The summed E-state index contributed by atoms with van der Waals surface area (Å²) in [5.74, 6) is -1.21. The number of fused-ring (bicyclic) bond motifs is 2. The Morgan fingerprint density at radius 1 is 1.16 bits per heavy atom. The summed E-state index contributed by atoms with van der Waals surface area (Å²) < 4.78 is 0. The van der Waals surface area contributed by atoms with Crippen molar-refractivity contribution in [1.82, 2.24) is 0 Å². The third kappa shape index (κ3) is 3.46. The normalized spacial score (nSPS) is 13.8. The van der Waals surface area contributed by atoms with E-state index < -0.39 is 5.97 Å². The Labute approximate surface area is 146 Å². The highest BCUT2D eigenvalue weighted by molar-refractivity contribution is 5.91. The van der Waals surface area contributed by atoms with Gasteiger partial charge in [-0.15, -0.1) is 0 Å². The molecule has 2 aromatic carbocycles. The highest BCUT2D eigenvalue weighted by Crippen LogP contribution is 2.35. The Bertz CT molecular complexity index is 920. The lowest BCUT2D eigenvalue weighted by molar-refractivity contribution is -0.132. The number of hydrogen-bond donors (Lipinski definition) is 1. The SMILES string of the molecule is CN1c2ccccc2CCc2cc(/C=C/C=C(/C#N)C(=O)O)ccc21. The molecule has 0 aromatic heterocycles. The van der Waals surface area contributed by atoms with Crippen LogP contribution in [0.2, 0.25) is 0 Å². The Kier molecular flexibility index (Phi) is 4.67. The van der Waals surface area contributed by atoms with E-state index >= 15 is 0 Å². The van der Waals surface area contributed by atoms with E-state index in [1.54, 1.807) is 12.1 Å². The van der Waals surface area contributed by atoms with Gasteiger partial charge in [-0.3, -0.25) is 0 Å². The van der Waals surface area contributed by atoms with Gasteiger partial charge in [-0.05, 0) is 53.8 Å². The highest BCUT2D eigenvalue weighted by atomic mass is 16.4. The number of allylic oxidation sites excluding steroid dienone is 2. The van der Waals surface area contributed by atoms with Gasteiger partial charge in [0, 0.05) is 18.4 Å². The molecule has 0 bridgehead atoms. The fourth-order valence-corrected chi connectivity index (χ4v) is 3.10. The Morgan fingerprint density at radius 3 is 2.64 bits per heavy atom. The molecule has 4 heteroatoms. The van der Waals surface area contributed by atoms with Gasteiger partial charge >= 0.3 is 5.97 Å². The molecule has 0 atom stereocenters. The first kappa shape index (κ1) is 16.5. The van der Waals surface area contributed by atoms with Crippen LogP contribution in [0.5, 0.6) is 0 Å².